The third-order valence-electron chi connectivity index (χ3n) is 12.8. The number of benzene rings is 1. The van der Waals surface area contributed by atoms with Crippen LogP contribution in [0.3, 0.4) is 0 Å². The highest BCUT2D eigenvalue weighted by atomic mass is 28.4. The largest absolute Gasteiger partial charge is 0.461 e. The third kappa shape index (κ3) is 8.09. The number of carbonyl (C=O) groups is 2. The van der Waals surface area contributed by atoms with Gasteiger partial charge >= 0.3 is 18.2 Å². The molecule has 5 aliphatic heterocycles. The minimum Gasteiger partial charge on any atom is -0.461 e. The van der Waals surface area contributed by atoms with Gasteiger partial charge in [0.25, 0.3) is 0 Å². The predicted octanol–water partition coefficient (Wildman–Crippen LogP) is 7.16. The molecule has 5 aliphatic rings. The van der Waals surface area contributed by atoms with Crippen molar-refractivity contribution >= 4 is 26.3 Å². The van der Waals surface area contributed by atoms with E-state index in [-0.39, 0.29) is 41.5 Å². The number of aromatic nitrogens is 2. The standard InChI is InChI=1S/C41H62N6O6Si/c1-39(2,3)53-38(49)47-30-15-16-31(47)24-45(23-30)35-33-18-22-44(37(48)50-26-29-13-10-9-11-14-29)25-34(33)42-36(43-35)51-28-41-19-12-21-46(41)32(17-20-41)27-52-54(7,8)40(4,5)6/h9-11,13-14,30-32H,12,15-28H2,1-8H3/t30-,31+,32-,41-/m1/s1. The van der Waals surface area contributed by atoms with E-state index >= 15 is 0 Å². The maximum Gasteiger partial charge on any atom is 0.410 e. The van der Waals surface area contributed by atoms with Crippen LogP contribution in [0.2, 0.25) is 18.1 Å². The van der Waals surface area contributed by atoms with Crippen LogP contribution in [-0.4, -0.2) is 114 Å². The van der Waals surface area contributed by atoms with Gasteiger partial charge in [-0.05, 0) is 96.0 Å². The van der Waals surface area contributed by atoms with Crippen molar-refractivity contribution in [1.82, 2.24) is 24.7 Å². The molecule has 0 N–H and O–H groups in total. The number of hydrogen-bond donors (Lipinski definition) is 0. The summed E-state index contributed by atoms with van der Waals surface area (Å²) in [6.07, 6.45) is 6.26. The summed E-state index contributed by atoms with van der Waals surface area (Å²) in [6.45, 7) is 22.0. The number of nitrogens with zero attached hydrogens (tertiary/aromatic N) is 6. The summed E-state index contributed by atoms with van der Waals surface area (Å²) >= 11 is 0. The summed E-state index contributed by atoms with van der Waals surface area (Å²) in [5.74, 6) is 0.862. The lowest BCUT2D eigenvalue weighted by Crippen LogP contribution is -2.57. The van der Waals surface area contributed by atoms with Gasteiger partial charge in [-0.15, -0.1) is 0 Å². The number of carbonyl (C=O) groups excluding carboxylic acids is 2. The van der Waals surface area contributed by atoms with Gasteiger partial charge in [0.1, 0.15) is 24.6 Å². The first-order valence-electron chi connectivity index (χ1n) is 20.2. The summed E-state index contributed by atoms with van der Waals surface area (Å²) in [5.41, 5.74) is 2.18. The molecule has 6 heterocycles. The van der Waals surface area contributed by atoms with E-state index in [1.54, 1.807) is 4.90 Å². The number of anilines is 1. The van der Waals surface area contributed by atoms with Crippen LogP contribution in [0.15, 0.2) is 30.3 Å². The van der Waals surface area contributed by atoms with Gasteiger partial charge < -0.3 is 28.4 Å². The summed E-state index contributed by atoms with van der Waals surface area (Å²) in [4.78, 5) is 45.4. The van der Waals surface area contributed by atoms with Gasteiger partial charge in [-0.25, -0.2) is 9.59 Å². The SMILES string of the molecule is CC(C)(C)OC(=O)N1[C@@H]2CC[C@H]1CN(c1nc(OC[C@]34CCCN3[C@@H](CO[Si](C)(C)C(C)(C)C)CC4)nc3c1CCN(C(=O)OCc1ccccc1)C3)C2. The molecule has 0 spiro atoms. The number of fused-ring (bicyclic) bond motifs is 4. The maximum absolute atomic E-state index is 13.3. The number of rotatable bonds is 9. The lowest BCUT2D eigenvalue weighted by atomic mass is 9.95. The average Bonchev–Trinajstić information content (AvgIpc) is 3.77. The molecule has 1 aromatic heterocycles. The quantitative estimate of drug-likeness (QED) is 0.244. The smallest absolute Gasteiger partial charge is 0.410 e. The first-order chi connectivity index (χ1) is 25.5. The van der Waals surface area contributed by atoms with Gasteiger partial charge in [0.15, 0.2) is 8.32 Å². The van der Waals surface area contributed by atoms with Crippen LogP contribution in [0.4, 0.5) is 15.4 Å². The van der Waals surface area contributed by atoms with E-state index in [2.05, 4.69) is 43.7 Å². The molecule has 0 saturated carbocycles. The first kappa shape index (κ1) is 38.8. The van der Waals surface area contributed by atoms with Gasteiger partial charge in [0.05, 0.1) is 29.9 Å². The van der Waals surface area contributed by atoms with Crippen LogP contribution in [0.25, 0.3) is 0 Å². The second kappa shape index (κ2) is 14.9. The Morgan fingerprint density at radius 2 is 1.65 bits per heavy atom. The zero-order valence-corrected chi connectivity index (χ0v) is 34.9. The molecular weight excluding hydrogens is 701 g/mol. The number of amides is 2. The monoisotopic (exact) mass is 762 g/mol. The number of hydrogen-bond acceptors (Lipinski definition) is 10. The molecule has 54 heavy (non-hydrogen) atoms. The fourth-order valence-electron chi connectivity index (χ4n) is 8.88. The molecule has 2 aromatic rings. The van der Waals surface area contributed by atoms with Crippen molar-refractivity contribution in [2.75, 3.05) is 44.3 Å². The highest BCUT2D eigenvalue weighted by Crippen LogP contribution is 2.44. The minimum absolute atomic E-state index is 0.0385. The molecule has 4 atom stereocenters. The summed E-state index contributed by atoms with van der Waals surface area (Å²) in [7, 11) is -1.86. The molecule has 12 nitrogen and oxygen atoms in total. The fraction of sp³-hybridized carbons (Fsp3) is 0.707. The molecule has 296 valence electrons. The Hall–Kier alpha value is -3.42. The van der Waals surface area contributed by atoms with E-state index in [9.17, 15) is 9.59 Å². The van der Waals surface area contributed by atoms with Crippen LogP contribution < -0.4 is 9.64 Å². The molecule has 2 amide bonds. The van der Waals surface area contributed by atoms with Crippen molar-refractivity contribution in [1.29, 1.82) is 0 Å². The molecule has 4 fully saturated rings. The molecule has 0 aliphatic carbocycles. The molecule has 4 saturated heterocycles. The third-order valence-corrected chi connectivity index (χ3v) is 17.3. The van der Waals surface area contributed by atoms with E-state index in [0.717, 1.165) is 74.3 Å². The summed E-state index contributed by atoms with van der Waals surface area (Å²) in [6, 6.07) is 10.6. The molecular formula is C41H62N6O6Si. The first-order valence-corrected chi connectivity index (χ1v) is 23.1. The Morgan fingerprint density at radius 3 is 2.33 bits per heavy atom. The van der Waals surface area contributed by atoms with Gasteiger partial charge in [-0.1, -0.05) is 51.1 Å². The van der Waals surface area contributed by atoms with Crippen molar-refractivity contribution in [2.24, 2.45) is 0 Å². The molecule has 0 unspecified atom stereocenters. The second-order valence-corrected chi connectivity index (χ2v) is 23.5. The van der Waals surface area contributed by atoms with Crippen molar-refractivity contribution < 1.29 is 28.2 Å². The molecule has 0 radical (unpaired) electrons. The van der Waals surface area contributed by atoms with Crippen LogP contribution in [0.5, 0.6) is 6.01 Å². The van der Waals surface area contributed by atoms with Gasteiger partial charge in [-0.2, -0.15) is 9.97 Å². The van der Waals surface area contributed by atoms with E-state index < -0.39 is 13.9 Å². The second-order valence-electron chi connectivity index (χ2n) is 18.7. The summed E-state index contributed by atoms with van der Waals surface area (Å²) in [5, 5.41) is 0.175. The molecule has 13 heteroatoms. The van der Waals surface area contributed by atoms with Crippen LogP contribution in [0.1, 0.15) is 96.9 Å². The molecule has 1 aromatic carbocycles. The molecule has 2 bridgehead atoms. The van der Waals surface area contributed by atoms with Crippen molar-refractivity contribution in [3.05, 3.63) is 47.2 Å². The van der Waals surface area contributed by atoms with Gasteiger partial charge in [0, 0.05) is 37.8 Å². The number of piperazine rings is 1. The Morgan fingerprint density at radius 1 is 0.926 bits per heavy atom. The Labute approximate surface area is 323 Å². The van der Waals surface area contributed by atoms with Crippen LogP contribution >= 0.6 is 0 Å². The molecule has 7 rings (SSSR count). The normalized spacial score (nSPS) is 25.8. The van der Waals surface area contributed by atoms with E-state index in [1.165, 1.54) is 0 Å². The van der Waals surface area contributed by atoms with Crippen molar-refractivity contribution in [3.63, 3.8) is 0 Å². The minimum atomic E-state index is -1.86. The lowest BCUT2D eigenvalue weighted by molar-refractivity contribution is 0.0122. The maximum atomic E-state index is 13.3. The van der Waals surface area contributed by atoms with Crippen LogP contribution in [-0.2, 0) is 33.5 Å². The lowest BCUT2D eigenvalue weighted by Gasteiger charge is -2.43. The van der Waals surface area contributed by atoms with Gasteiger partial charge in [-0.3, -0.25) is 9.80 Å². The van der Waals surface area contributed by atoms with Crippen molar-refractivity contribution in [2.45, 2.75) is 147 Å². The highest BCUT2D eigenvalue weighted by molar-refractivity contribution is 6.74. The average molecular weight is 763 g/mol. The van der Waals surface area contributed by atoms with Gasteiger partial charge in [0.2, 0.25) is 0 Å². The Balaban J connectivity index is 1.10. The van der Waals surface area contributed by atoms with Crippen molar-refractivity contribution in [3.8, 4) is 6.01 Å². The van der Waals surface area contributed by atoms with Crippen LogP contribution in [0, 0.1) is 0 Å². The predicted molar refractivity (Wildman–Crippen MR) is 210 cm³/mol. The topological polar surface area (TPSA) is 110 Å². The van der Waals surface area contributed by atoms with E-state index in [0.29, 0.717) is 51.3 Å². The van der Waals surface area contributed by atoms with E-state index in [1.807, 2.05) is 56.0 Å². The number of ether oxygens (including phenoxy) is 3. The summed E-state index contributed by atoms with van der Waals surface area (Å²) < 4.78 is 25.0. The zero-order valence-electron chi connectivity index (χ0n) is 33.9. The zero-order chi connectivity index (χ0) is 38.5. The van der Waals surface area contributed by atoms with E-state index in [4.69, 9.17) is 28.6 Å². The Kier molecular flexibility index (Phi) is 10.7. The fourth-order valence-corrected chi connectivity index (χ4v) is 9.92. The highest BCUT2D eigenvalue weighted by Gasteiger charge is 2.51. The Bertz CT molecular complexity index is 1670.